The Kier molecular flexibility index (Phi) is 2.00. The van der Waals surface area contributed by atoms with E-state index in [1.165, 1.54) is 0 Å². The maximum atomic E-state index is 10.5. The van der Waals surface area contributed by atoms with Crippen LogP contribution in [0, 0.1) is 0 Å². The highest BCUT2D eigenvalue weighted by molar-refractivity contribution is 5.78. The summed E-state index contributed by atoms with van der Waals surface area (Å²) in [7, 11) is 0. The fourth-order valence-electron chi connectivity index (χ4n) is 0.554. The van der Waals surface area contributed by atoms with Crippen molar-refractivity contribution in [3.05, 3.63) is 0 Å². The van der Waals surface area contributed by atoms with Gasteiger partial charge in [-0.3, -0.25) is 4.79 Å². The second-order valence-electron chi connectivity index (χ2n) is 1.68. The first-order valence-corrected chi connectivity index (χ1v) is 2.66. The third-order valence-corrected chi connectivity index (χ3v) is 1.01. The van der Waals surface area contributed by atoms with Crippen molar-refractivity contribution in [2.24, 2.45) is 0 Å². The second-order valence-corrected chi connectivity index (χ2v) is 1.68. The summed E-state index contributed by atoms with van der Waals surface area (Å²) in [5.74, 6) is 0.225. The van der Waals surface area contributed by atoms with E-state index in [1.54, 1.807) is 0 Å². The van der Waals surface area contributed by atoms with E-state index in [-0.39, 0.29) is 5.78 Å². The molecule has 46 valence electrons. The third kappa shape index (κ3) is 1.60. The molecule has 1 fully saturated rings. The number of ketones is 1. The van der Waals surface area contributed by atoms with Crippen LogP contribution in [0.4, 0.5) is 0 Å². The summed E-state index contributed by atoms with van der Waals surface area (Å²) in [6.45, 7) is 0.831. The van der Waals surface area contributed by atoms with Gasteiger partial charge in [-0.05, 0) is 0 Å². The monoisotopic (exact) mass is 116 g/mol. The van der Waals surface area contributed by atoms with Crippen LogP contribution in [0.15, 0.2) is 0 Å². The summed E-state index contributed by atoms with van der Waals surface area (Å²) in [5, 5.41) is 0. The molecule has 0 aliphatic carbocycles. The Morgan fingerprint density at radius 3 is 2.12 bits per heavy atom. The van der Waals surface area contributed by atoms with Crippen LogP contribution in [-0.2, 0) is 14.6 Å². The first kappa shape index (κ1) is 5.72. The van der Waals surface area contributed by atoms with Gasteiger partial charge in [0.15, 0.2) is 0 Å². The van der Waals surface area contributed by atoms with Crippen LogP contribution in [0.5, 0.6) is 0 Å². The van der Waals surface area contributed by atoms with Crippen LogP contribution < -0.4 is 0 Å². The van der Waals surface area contributed by atoms with Crippen molar-refractivity contribution < 1.29 is 14.6 Å². The fourth-order valence-corrected chi connectivity index (χ4v) is 0.554. The van der Waals surface area contributed by atoms with Crippen molar-refractivity contribution in [2.75, 3.05) is 13.2 Å². The van der Waals surface area contributed by atoms with Gasteiger partial charge < -0.3 is 0 Å². The molecule has 1 aliphatic heterocycles. The number of hydrogen-bond donors (Lipinski definition) is 0. The minimum atomic E-state index is 0.225. The molecule has 3 nitrogen and oxygen atoms in total. The van der Waals surface area contributed by atoms with E-state index >= 15 is 0 Å². The Balaban J connectivity index is 2.27. The number of carbonyl (C=O) groups is 1. The van der Waals surface area contributed by atoms with Gasteiger partial charge in [0, 0.05) is 12.8 Å². The fraction of sp³-hybridized carbons (Fsp3) is 0.800. The molecule has 0 saturated carbocycles. The highest BCUT2D eigenvalue weighted by atomic mass is 17.2. The van der Waals surface area contributed by atoms with E-state index in [4.69, 9.17) is 0 Å². The van der Waals surface area contributed by atoms with Gasteiger partial charge in [-0.1, -0.05) is 0 Å². The molecule has 1 heterocycles. The molecule has 0 radical (unpaired) electrons. The smallest absolute Gasteiger partial charge is 0.137 e. The van der Waals surface area contributed by atoms with E-state index in [0.29, 0.717) is 26.1 Å². The van der Waals surface area contributed by atoms with E-state index in [0.717, 1.165) is 0 Å². The molecule has 8 heavy (non-hydrogen) atoms. The number of carbonyl (C=O) groups excluding carboxylic acids is 1. The van der Waals surface area contributed by atoms with Gasteiger partial charge in [0.05, 0.1) is 13.2 Å². The topological polar surface area (TPSA) is 35.5 Å². The maximum Gasteiger partial charge on any atom is 0.137 e. The van der Waals surface area contributed by atoms with Crippen molar-refractivity contribution in [2.45, 2.75) is 12.8 Å². The standard InChI is InChI=1S/C5H8O3/c6-5-1-3-7-8-4-2-5/h1-4H2. The maximum absolute atomic E-state index is 10.5. The van der Waals surface area contributed by atoms with E-state index in [2.05, 4.69) is 9.78 Å². The number of hydrogen-bond acceptors (Lipinski definition) is 3. The quantitative estimate of drug-likeness (QED) is 0.427. The van der Waals surface area contributed by atoms with E-state index < -0.39 is 0 Å². The van der Waals surface area contributed by atoms with Crippen molar-refractivity contribution in [1.82, 2.24) is 0 Å². The summed E-state index contributed by atoms with van der Waals surface area (Å²) in [6, 6.07) is 0. The Morgan fingerprint density at radius 2 is 1.62 bits per heavy atom. The molecule has 1 rings (SSSR count). The van der Waals surface area contributed by atoms with Crippen molar-refractivity contribution in [1.29, 1.82) is 0 Å². The van der Waals surface area contributed by atoms with E-state index in [9.17, 15) is 4.79 Å². The van der Waals surface area contributed by atoms with Crippen LogP contribution in [0.3, 0.4) is 0 Å². The van der Waals surface area contributed by atoms with E-state index in [1.807, 2.05) is 0 Å². The molecule has 0 aromatic rings. The van der Waals surface area contributed by atoms with Crippen molar-refractivity contribution >= 4 is 5.78 Å². The van der Waals surface area contributed by atoms with Gasteiger partial charge in [0.2, 0.25) is 0 Å². The second kappa shape index (κ2) is 2.79. The molecule has 0 atom stereocenters. The zero-order chi connectivity index (χ0) is 5.82. The molecule has 0 N–H and O–H groups in total. The van der Waals surface area contributed by atoms with Crippen LogP contribution in [0.1, 0.15) is 12.8 Å². The third-order valence-electron chi connectivity index (χ3n) is 1.01. The molecule has 3 heteroatoms. The Morgan fingerprint density at radius 1 is 1.12 bits per heavy atom. The Bertz CT molecular complexity index is 79.7. The van der Waals surface area contributed by atoms with Crippen molar-refractivity contribution in [3.63, 3.8) is 0 Å². The molecule has 0 aromatic heterocycles. The lowest BCUT2D eigenvalue weighted by molar-refractivity contribution is -0.287. The summed E-state index contributed by atoms with van der Waals surface area (Å²) in [6.07, 6.45) is 1.00. The molecule has 1 aliphatic rings. The van der Waals surface area contributed by atoms with Crippen LogP contribution in [0.2, 0.25) is 0 Å². The number of rotatable bonds is 0. The van der Waals surface area contributed by atoms with Crippen LogP contribution >= 0.6 is 0 Å². The Hall–Kier alpha value is -0.410. The highest BCUT2D eigenvalue weighted by Gasteiger charge is 2.06. The molecule has 0 unspecified atom stereocenters. The van der Waals surface area contributed by atoms with Gasteiger partial charge in [-0.15, -0.1) is 0 Å². The lowest BCUT2D eigenvalue weighted by atomic mass is 10.2. The molecule has 0 spiro atoms. The summed E-state index contributed by atoms with van der Waals surface area (Å²) in [4.78, 5) is 19.6. The number of Topliss-reactive ketones (excluding diaryl/α,β-unsaturated/α-hetero) is 1. The van der Waals surface area contributed by atoms with Gasteiger partial charge in [-0.25, -0.2) is 9.78 Å². The first-order chi connectivity index (χ1) is 3.89. The predicted molar refractivity (Wildman–Crippen MR) is 26.1 cm³/mol. The summed E-state index contributed by atoms with van der Waals surface area (Å²) >= 11 is 0. The van der Waals surface area contributed by atoms with Crippen molar-refractivity contribution in [3.8, 4) is 0 Å². The van der Waals surface area contributed by atoms with Gasteiger partial charge >= 0.3 is 0 Å². The SMILES string of the molecule is O=C1CCOOCC1. The highest BCUT2D eigenvalue weighted by Crippen LogP contribution is 1.97. The lowest BCUT2D eigenvalue weighted by Crippen LogP contribution is -1.97. The van der Waals surface area contributed by atoms with Crippen LogP contribution in [-0.4, -0.2) is 19.0 Å². The van der Waals surface area contributed by atoms with Gasteiger partial charge in [0.1, 0.15) is 5.78 Å². The zero-order valence-electron chi connectivity index (χ0n) is 4.55. The van der Waals surface area contributed by atoms with Crippen LogP contribution in [0.25, 0.3) is 0 Å². The molecular formula is C5H8O3. The zero-order valence-corrected chi connectivity index (χ0v) is 4.55. The molecular weight excluding hydrogens is 108 g/mol. The minimum absolute atomic E-state index is 0.225. The van der Waals surface area contributed by atoms with Gasteiger partial charge in [-0.2, -0.15) is 0 Å². The lowest BCUT2D eigenvalue weighted by Gasteiger charge is -1.91. The molecule has 0 aromatic carbocycles. The normalized spacial score (nSPS) is 22.8. The summed E-state index contributed by atoms with van der Waals surface area (Å²) < 4.78 is 0. The average Bonchev–Trinajstić information content (AvgIpc) is 1.94. The van der Waals surface area contributed by atoms with Gasteiger partial charge in [0.25, 0.3) is 0 Å². The molecule has 1 saturated heterocycles. The summed E-state index contributed by atoms with van der Waals surface area (Å²) in [5.41, 5.74) is 0. The largest absolute Gasteiger partial charge is 0.300 e. The predicted octanol–water partition coefficient (Wildman–Crippen LogP) is 0.297. The Labute approximate surface area is 47.5 Å². The molecule has 0 amide bonds. The average molecular weight is 116 g/mol. The minimum Gasteiger partial charge on any atom is -0.300 e. The molecule has 0 bridgehead atoms. The first-order valence-electron chi connectivity index (χ1n) is 2.66.